The van der Waals surface area contributed by atoms with Crippen molar-refractivity contribution in [1.82, 2.24) is 0 Å². The Morgan fingerprint density at radius 2 is 1.72 bits per heavy atom. The maximum Gasteiger partial charge on any atom is 0.344 e. The first-order valence-electron chi connectivity index (χ1n) is 9.99. The summed E-state index contributed by atoms with van der Waals surface area (Å²) in [5, 5.41) is 2.46. The number of anilines is 1. The fraction of sp³-hybridized carbons (Fsp3) is 0.240. The van der Waals surface area contributed by atoms with Crippen molar-refractivity contribution in [2.75, 3.05) is 11.6 Å². The van der Waals surface area contributed by atoms with Crippen LogP contribution in [0, 0.1) is 6.92 Å². The maximum absolute atomic E-state index is 12.6. The number of benzene rings is 3. The average molecular weight is 385 g/mol. The number of rotatable bonds is 2. The highest BCUT2D eigenvalue weighted by atomic mass is 16.5. The first kappa shape index (κ1) is 17.8. The molecule has 0 unspecified atom stereocenters. The Balaban J connectivity index is 1.71. The molecule has 3 aromatic carbocycles. The van der Waals surface area contributed by atoms with Crippen molar-refractivity contribution in [3.63, 3.8) is 0 Å². The molecule has 0 aliphatic carbocycles. The van der Waals surface area contributed by atoms with Gasteiger partial charge in [0.1, 0.15) is 11.3 Å². The van der Waals surface area contributed by atoms with Crippen LogP contribution in [0.25, 0.3) is 21.7 Å². The lowest BCUT2D eigenvalue weighted by Crippen LogP contribution is -2.33. The van der Waals surface area contributed by atoms with Crippen LogP contribution in [0.2, 0.25) is 0 Å². The zero-order chi connectivity index (χ0) is 20.1. The predicted octanol–water partition coefficient (Wildman–Crippen LogP) is 5.73. The molecule has 1 aromatic heterocycles. The molecule has 4 nitrogen and oxygen atoms in total. The molecule has 0 saturated heterocycles. The van der Waals surface area contributed by atoms with Crippen LogP contribution in [-0.2, 0) is 6.54 Å². The molecule has 1 aliphatic heterocycles. The van der Waals surface area contributed by atoms with E-state index in [1.807, 2.05) is 36.4 Å². The Bertz CT molecular complexity index is 1300. The summed E-state index contributed by atoms with van der Waals surface area (Å²) < 4.78 is 11.9. The third-order valence-electron chi connectivity index (χ3n) is 5.78. The summed E-state index contributed by atoms with van der Waals surface area (Å²) in [5.41, 5.74) is 4.95. The van der Waals surface area contributed by atoms with Crippen molar-refractivity contribution in [2.24, 2.45) is 0 Å². The second kappa shape index (κ2) is 6.66. The number of hydrogen-bond acceptors (Lipinski definition) is 4. The molecule has 4 heteroatoms. The highest BCUT2D eigenvalue weighted by Crippen LogP contribution is 2.38. The Labute approximate surface area is 169 Å². The van der Waals surface area contributed by atoms with Crippen LogP contribution < -0.4 is 15.3 Å². The van der Waals surface area contributed by atoms with E-state index in [1.165, 1.54) is 16.8 Å². The summed E-state index contributed by atoms with van der Waals surface area (Å²) in [5.74, 6) is 1.19. The first-order valence-corrected chi connectivity index (χ1v) is 9.99. The molecule has 0 radical (unpaired) electrons. The monoisotopic (exact) mass is 385 g/mol. The Morgan fingerprint density at radius 3 is 2.52 bits per heavy atom. The second-order valence-electron chi connectivity index (χ2n) is 7.99. The van der Waals surface area contributed by atoms with Gasteiger partial charge in [-0.1, -0.05) is 50.2 Å². The van der Waals surface area contributed by atoms with E-state index in [0.717, 1.165) is 22.1 Å². The minimum Gasteiger partial charge on any atom is -0.473 e. The highest BCUT2D eigenvalue weighted by molar-refractivity contribution is 6.05. The Hall–Kier alpha value is -3.27. The quantitative estimate of drug-likeness (QED) is 0.326. The van der Waals surface area contributed by atoms with Gasteiger partial charge >= 0.3 is 5.63 Å². The van der Waals surface area contributed by atoms with E-state index < -0.39 is 0 Å². The summed E-state index contributed by atoms with van der Waals surface area (Å²) in [4.78, 5) is 14.8. The van der Waals surface area contributed by atoms with Gasteiger partial charge in [0.2, 0.25) is 0 Å². The second-order valence-corrected chi connectivity index (χ2v) is 7.99. The zero-order valence-corrected chi connectivity index (χ0v) is 16.9. The minimum atomic E-state index is -0.308. The van der Waals surface area contributed by atoms with Crippen LogP contribution in [0.5, 0.6) is 5.75 Å². The van der Waals surface area contributed by atoms with Crippen molar-refractivity contribution < 1.29 is 9.15 Å². The molecule has 146 valence electrons. The topological polar surface area (TPSA) is 42.7 Å². The van der Waals surface area contributed by atoms with Gasteiger partial charge in [-0.2, -0.15) is 0 Å². The van der Waals surface area contributed by atoms with Gasteiger partial charge in [-0.3, -0.25) is 0 Å². The van der Waals surface area contributed by atoms with E-state index in [9.17, 15) is 4.79 Å². The maximum atomic E-state index is 12.6. The number of para-hydroxylation sites is 1. The van der Waals surface area contributed by atoms with Gasteiger partial charge in [0.15, 0.2) is 6.73 Å². The molecule has 0 N–H and O–H groups in total. The van der Waals surface area contributed by atoms with Gasteiger partial charge in [0.05, 0.1) is 17.5 Å². The van der Waals surface area contributed by atoms with Crippen molar-refractivity contribution in [1.29, 1.82) is 0 Å². The minimum absolute atomic E-state index is 0.308. The van der Waals surface area contributed by atoms with Crippen molar-refractivity contribution in [2.45, 2.75) is 33.2 Å². The van der Waals surface area contributed by atoms with E-state index in [4.69, 9.17) is 9.15 Å². The molecular formula is C25H23NO3. The largest absolute Gasteiger partial charge is 0.473 e. The molecule has 4 aromatic rings. The standard InChI is InChI=1S/C25H23NO3/c1-15(2)17-10-6-7-16(3)23(17)26-13-21-22(28-14-26)12-11-19-18-8-4-5-9-20(18)25(27)29-24(19)21/h4-12,15H,13-14H2,1-3H3. The van der Waals surface area contributed by atoms with Gasteiger partial charge < -0.3 is 14.1 Å². The van der Waals surface area contributed by atoms with Crippen LogP contribution in [0.4, 0.5) is 5.69 Å². The number of nitrogens with zero attached hydrogens (tertiary/aromatic N) is 1. The smallest absolute Gasteiger partial charge is 0.344 e. The molecule has 5 rings (SSSR count). The predicted molar refractivity (Wildman–Crippen MR) is 117 cm³/mol. The summed E-state index contributed by atoms with van der Waals surface area (Å²) in [6.45, 7) is 7.65. The Kier molecular flexibility index (Phi) is 4.09. The summed E-state index contributed by atoms with van der Waals surface area (Å²) in [6.07, 6.45) is 0. The molecular weight excluding hydrogens is 362 g/mol. The fourth-order valence-corrected chi connectivity index (χ4v) is 4.37. The van der Waals surface area contributed by atoms with Crippen LogP contribution in [0.15, 0.2) is 63.8 Å². The van der Waals surface area contributed by atoms with Crippen LogP contribution >= 0.6 is 0 Å². The first-order chi connectivity index (χ1) is 14.0. The summed E-state index contributed by atoms with van der Waals surface area (Å²) in [6, 6.07) is 18.0. The molecule has 0 saturated carbocycles. The number of ether oxygens (including phenoxy) is 1. The van der Waals surface area contributed by atoms with Gasteiger partial charge in [-0.15, -0.1) is 0 Å². The van der Waals surface area contributed by atoms with Gasteiger partial charge in [0.25, 0.3) is 0 Å². The highest BCUT2D eigenvalue weighted by Gasteiger charge is 2.25. The fourth-order valence-electron chi connectivity index (χ4n) is 4.37. The number of hydrogen-bond donors (Lipinski definition) is 0. The SMILES string of the molecule is Cc1cccc(C(C)C)c1N1COc2ccc3c(oc(=O)c4ccccc43)c2C1. The summed E-state index contributed by atoms with van der Waals surface area (Å²) in [7, 11) is 0. The van der Waals surface area contributed by atoms with Gasteiger partial charge in [0, 0.05) is 11.1 Å². The van der Waals surface area contributed by atoms with E-state index in [2.05, 4.69) is 43.9 Å². The van der Waals surface area contributed by atoms with Gasteiger partial charge in [-0.25, -0.2) is 4.79 Å². The van der Waals surface area contributed by atoms with Crippen molar-refractivity contribution in [3.8, 4) is 5.75 Å². The van der Waals surface area contributed by atoms with E-state index >= 15 is 0 Å². The Morgan fingerprint density at radius 1 is 0.931 bits per heavy atom. The number of aryl methyl sites for hydroxylation is 1. The average Bonchev–Trinajstić information content (AvgIpc) is 2.73. The van der Waals surface area contributed by atoms with Crippen molar-refractivity contribution >= 4 is 27.4 Å². The van der Waals surface area contributed by atoms with E-state index in [1.54, 1.807) is 0 Å². The lowest BCUT2D eigenvalue weighted by atomic mass is 9.96. The molecule has 0 amide bonds. The molecule has 0 bridgehead atoms. The van der Waals surface area contributed by atoms with Crippen molar-refractivity contribution in [3.05, 3.63) is 81.7 Å². The summed E-state index contributed by atoms with van der Waals surface area (Å²) >= 11 is 0. The lowest BCUT2D eigenvalue weighted by Gasteiger charge is -2.34. The molecule has 0 fully saturated rings. The zero-order valence-electron chi connectivity index (χ0n) is 16.9. The van der Waals surface area contributed by atoms with Crippen LogP contribution in [-0.4, -0.2) is 6.73 Å². The molecule has 2 heterocycles. The van der Waals surface area contributed by atoms with E-state index in [0.29, 0.717) is 30.2 Å². The van der Waals surface area contributed by atoms with E-state index in [-0.39, 0.29) is 5.63 Å². The number of fused-ring (bicyclic) bond motifs is 5. The van der Waals surface area contributed by atoms with Crippen LogP contribution in [0.3, 0.4) is 0 Å². The van der Waals surface area contributed by atoms with Crippen LogP contribution in [0.1, 0.15) is 36.5 Å². The normalized spacial score (nSPS) is 13.7. The van der Waals surface area contributed by atoms with Gasteiger partial charge in [-0.05, 0) is 47.6 Å². The molecule has 29 heavy (non-hydrogen) atoms. The molecule has 0 spiro atoms. The molecule has 0 atom stereocenters. The third-order valence-corrected chi connectivity index (χ3v) is 5.78. The third kappa shape index (κ3) is 2.79. The molecule has 1 aliphatic rings. The lowest BCUT2D eigenvalue weighted by molar-refractivity contribution is 0.288.